The van der Waals surface area contributed by atoms with E-state index in [0.29, 0.717) is 0 Å². The standard InChI is InChI=1S/C7H7NO5/c1-12-6-3-13-5(2-4(6)9)7(10)8-11/h2-3,11H,1H3,(H,8,10). The number of carbonyl (C=O) groups excluding carboxylic acids is 1. The van der Waals surface area contributed by atoms with Crippen molar-refractivity contribution in [2.24, 2.45) is 0 Å². The van der Waals surface area contributed by atoms with Gasteiger partial charge in [-0.1, -0.05) is 0 Å². The number of ether oxygens (including phenoxy) is 1. The summed E-state index contributed by atoms with van der Waals surface area (Å²) in [5, 5.41) is 8.21. The van der Waals surface area contributed by atoms with Crippen LogP contribution in [0.3, 0.4) is 0 Å². The van der Waals surface area contributed by atoms with Gasteiger partial charge in [0.05, 0.1) is 7.11 Å². The van der Waals surface area contributed by atoms with Crippen LogP contribution in [0.25, 0.3) is 0 Å². The lowest BCUT2D eigenvalue weighted by Crippen LogP contribution is -2.20. The first-order chi connectivity index (χ1) is 6.19. The molecule has 13 heavy (non-hydrogen) atoms. The van der Waals surface area contributed by atoms with Gasteiger partial charge in [0.15, 0.2) is 5.76 Å². The maximum absolute atomic E-state index is 11.0. The molecule has 0 bridgehead atoms. The van der Waals surface area contributed by atoms with E-state index in [9.17, 15) is 9.59 Å². The lowest BCUT2D eigenvalue weighted by molar-refractivity contribution is 0.0673. The molecule has 6 nitrogen and oxygen atoms in total. The van der Waals surface area contributed by atoms with E-state index in [-0.39, 0.29) is 11.5 Å². The average molecular weight is 185 g/mol. The highest BCUT2D eigenvalue weighted by Crippen LogP contribution is 2.04. The van der Waals surface area contributed by atoms with Crippen LogP contribution in [0.5, 0.6) is 5.75 Å². The van der Waals surface area contributed by atoms with Gasteiger partial charge >= 0.3 is 5.91 Å². The summed E-state index contributed by atoms with van der Waals surface area (Å²) in [5.41, 5.74) is 0.840. The second-order valence-electron chi connectivity index (χ2n) is 2.12. The molecular weight excluding hydrogens is 178 g/mol. The van der Waals surface area contributed by atoms with Crippen LogP contribution in [0.1, 0.15) is 10.6 Å². The predicted octanol–water partition coefficient (Wildman–Crippen LogP) is -0.233. The third-order valence-corrected chi connectivity index (χ3v) is 1.34. The van der Waals surface area contributed by atoms with E-state index in [2.05, 4.69) is 9.15 Å². The molecule has 2 N–H and O–H groups in total. The van der Waals surface area contributed by atoms with Crippen molar-refractivity contribution in [2.75, 3.05) is 7.11 Å². The zero-order valence-corrected chi connectivity index (χ0v) is 6.73. The topological polar surface area (TPSA) is 88.8 Å². The number of carbonyl (C=O) groups is 1. The first kappa shape index (κ1) is 9.27. The first-order valence-electron chi connectivity index (χ1n) is 3.30. The summed E-state index contributed by atoms with van der Waals surface area (Å²) in [5.74, 6) is -1.18. The van der Waals surface area contributed by atoms with Gasteiger partial charge in [-0.3, -0.25) is 14.8 Å². The first-order valence-corrected chi connectivity index (χ1v) is 3.30. The van der Waals surface area contributed by atoms with E-state index >= 15 is 0 Å². The van der Waals surface area contributed by atoms with Crippen LogP contribution in [0, 0.1) is 0 Å². The van der Waals surface area contributed by atoms with Crippen molar-refractivity contribution in [1.82, 2.24) is 5.48 Å². The minimum Gasteiger partial charge on any atom is -0.490 e. The van der Waals surface area contributed by atoms with Crippen molar-refractivity contribution in [3.05, 3.63) is 28.3 Å². The van der Waals surface area contributed by atoms with Crippen LogP contribution < -0.4 is 15.6 Å². The number of methoxy groups -OCH3 is 1. The van der Waals surface area contributed by atoms with Gasteiger partial charge in [-0.2, -0.15) is 0 Å². The van der Waals surface area contributed by atoms with Gasteiger partial charge in [-0.05, 0) is 0 Å². The van der Waals surface area contributed by atoms with Crippen LogP contribution in [-0.2, 0) is 0 Å². The molecule has 0 atom stereocenters. The molecule has 1 heterocycles. The quantitative estimate of drug-likeness (QED) is 0.490. The summed E-state index contributed by atoms with van der Waals surface area (Å²) < 4.78 is 9.30. The van der Waals surface area contributed by atoms with E-state index in [1.165, 1.54) is 12.6 Å². The third kappa shape index (κ3) is 1.85. The maximum atomic E-state index is 11.0. The van der Waals surface area contributed by atoms with Gasteiger partial charge < -0.3 is 9.15 Å². The third-order valence-electron chi connectivity index (χ3n) is 1.34. The predicted molar refractivity (Wildman–Crippen MR) is 40.8 cm³/mol. The fourth-order valence-corrected chi connectivity index (χ4v) is 0.722. The Kier molecular flexibility index (Phi) is 2.65. The van der Waals surface area contributed by atoms with Crippen molar-refractivity contribution in [1.29, 1.82) is 0 Å². The zero-order valence-electron chi connectivity index (χ0n) is 6.73. The van der Waals surface area contributed by atoms with Crippen LogP contribution in [0.2, 0.25) is 0 Å². The lowest BCUT2D eigenvalue weighted by Gasteiger charge is -1.99. The molecule has 0 spiro atoms. The molecule has 0 radical (unpaired) electrons. The largest absolute Gasteiger partial charge is 0.490 e. The minimum atomic E-state index is -0.889. The minimum absolute atomic E-state index is 0.00510. The Morgan fingerprint density at radius 1 is 1.69 bits per heavy atom. The van der Waals surface area contributed by atoms with E-state index < -0.39 is 11.3 Å². The Morgan fingerprint density at radius 2 is 2.38 bits per heavy atom. The van der Waals surface area contributed by atoms with E-state index in [4.69, 9.17) is 5.21 Å². The van der Waals surface area contributed by atoms with Gasteiger partial charge in [0.1, 0.15) is 6.26 Å². The summed E-state index contributed by atoms with van der Waals surface area (Å²) in [4.78, 5) is 21.8. The number of nitrogens with one attached hydrogen (secondary N) is 1. The van der Waals surface area contributed by atoms with Gasteiger partial charge in [-0.15, -0.1) is 0 Å². The van der Waals surface area contributed by atoms with Crippen LogP contribution in [0.15, 0.2) is 21.5 Å². The molecule has 0 aromatic carbocycles. The van der Waals surface area contributed by atoms with Crippen molar-refractivity contribution in [2.45, 2.75) is 0 Å². The molecule has 1 amide bonds. The molecule has 1 rings (SSSR count). The fourth-order valence-electron chi connectivity index (χ4n) is 0.722. The molecule has 1 aromatic rings. The highest BCUT2D eigenvalue weighted by Gasteiger charge is 2.09. The summed E-state index contributed by atoms with van der Waals surface area (Å²) in [6.07, 6.45) is 0.993. The molecule has 70 valence electrons. The van der Waals surface area contributed by atoms with E-state index in [1.54, 1.807) is 0 Å². The summed E-state index contributed by atoms with van der Waals surface area (Å²) in [7, 11) is 1.30. The van der Waals surface area contributed by atoms with Gasteiger partial charge in [0, 0.05) is 6.07 Å². The number of hydrogen-bond donors (Lipinski definition) is 2. The second-order valence-corrected chi connectivity index (χ2v) is 2.12. The lowest BCUT2D eigenvalue weighted by atomic mass is 10.3. The summed E-state index contributed by atoms with van der Waals surface area (Å²) >= 11 is 0. The summed E-state index contributed by atoms with van der Waals surface area (Å²) in [6.45, 7) is 0. The SMILES string of the molecule is COc1coc(C(=O)NO)cc1=O. The molecule has 0 unspecified atom stereocenters. The van der Waals surface area contributed by atoms with Crippen LogP contribution in [0.4, 0.5) is 0 Å². The van der Waals surface area contributed by atoms with E-state index in [1.807, 2.05) is 0 Å². The normalized spacial score (nSPS) is 9.38. The van der Waals surface area contributed by atoms with Crippen molar-refractivity contribution in [3.8, 4) is 5.75 Å². The Labute approximate surface area is 72.7 Å². The van der Waals surface area contributed by atoms with Crippen molar-refractivity contribution >= 4 is 5.91 Å². The second kappa shape index (κ2) is 3.72. The molecule has 0 saturated carbocycles. The van der Waals surface area contributed by atoms with Crippen molar-refractivity contribution < 1.29 is 19.2 Å². The number of hydroxylamine groups is 1. The molecule has 0 saturated heterocycles. The molecule has 1 aromatic heterocycles. The van der Waals surface area contributed by atoms with Crippen LogP contribution >= 0.6 is 0 Å². The monoisotopic (exact) mass is 185 g/mol. The molecule has 0 aliphatic carbocycles. The summed E-state index contributed by atoms with van der Waals surface area (Å²) in [6, 6.07) is 0.921. The Bertz CT molecular complexity index is 369. The number of hydrogen-bond acceptors (Lipinski definition) is 5. The Hall–Kier alpha value is -1.82. The van der Waals surface area contributed by atoms with Gasteiger partial charge in [0.25, 0.3) is 0 Å². The Morgan fingerprint density at radius 3 is 2.85 bits per heavy atom. The average Bonchev–Trinajstić information content (AvgIpc) is 2.16. The Balaban J connectivity index is 3.10. The highest BCUT2D eigenvalue weighted by molar-refractivity contribution is 5.90. The highest BCUT2D eigenvalue weighted by atomic mass is 16.5. The van der Waals surface area contributed by atoms with Gasteiger partial charge in [-0.25, -0.2) is 5.48 Å². The maximum Gasteiger partial charge on any atom is 0.310 e. The number of amides is 1. The van der Waals surface area contributed by atoms with Crippen LogP contribution in [-0.4, -0.2) is 18.2 Å². The zero-order chi connectivity index (χ0) is 9.84. The molecule has 0 aliphatic heterocycles. The number of rotatable bonds is 2. The molecule has 0 aliphatic rings. The van der Waals surface area contributed by atoms with Crippen molar-refractivity contribution in [3.63, 3.8) is 0 Å². The molecular formula is C7H7NO5. The smallest absolute Gasteiger partial charge is 0.310 e. The van der Waals surface area contributed by atoms with Gasteiger partial charge in [0.2, 0.25) is 11.2 Å². The van der Waals surface area contributed by atoms with E-state index in [0.717, 1.165) is 12.3 Å². The molecule has 6 heteroatoms. The fraction of sp³-hybridized carbons (Fsp3) is 0.143. The molecule has 0 fully saturated rings.